The van der Waals surface area contributed by atoms with Gasteiger partial charge in [-0.3, -0.25) is 4.84 Å². The Kier molecular flexibility index (Phi) is 5.78. The third-order valence-corrected chi connectivity index (χ3v) is 4.75. The van der Waals surface area contributed by atoms with Crippen LogP contribution in [0.2, 0.25) is 0 Å². The summed E-state index contributed by atoms with van der Waals surface area (Å²) < 4.78 is 33.3. The second-order valence-corrected chi connectivity index (χ2v) is 6.43. The van der Waals surface area contributed by atoms with Crippen LogP contribution < -0.4 is 5.48 Å². The van der Waals surface area contributed by atoms with Crippen LogP contribution in [0.4, 0.5) is 8.78 Å². The molecule has 1 saturated heterocycles. The molecule has 1 aliphatic rings. The summed E-state index contributed by atoms with van der Waals surface area (Å²) in [6.45, 7) is 2.23. The third kappa shape index (κ3) is 4.06. The summed E-state index contributed by atoms with van der Waals surface area (Å²) in [6.07, 6.45) is 2.82. The van der Waals surface area contributed by atoms with Crippen LogP contribution >= 0.6 is 0 Å². The molecule has 0 saturated carbocycles. The minimum Gasteiger partial charge on any atom is -0.374 e. The lowest BCUT2D eigenvalue weighted by atomic mass is 9.84. The topological polar surface area (TPSA) is 30.5 Å². The second kappa shape index (κ2) is 8.04. The number of hydrogen-bond donors (Lipinski definition) is 1. The monoisotopic (exact) mass is 347 g/mol. The van der Waals surface area contributed by atoms with Crippen LogP contribution in [0.15, 0.2) is 48.5 Å². The number of halogens is 2. The number of rotatable bonds is 6. The van der Waals surface area contributed by atoms with Crippen LogP contribution in [-0.4, -0.2) is 12.7 Å². The zero-order valence-electron chi connectivity index (χ0n) is 14.3. The zero-order chi connectivity index (χ0) is 17.7. The molecular formula is C20H23F2NO2. The molecule has 0 aliphatic carbocycles. The fourth-order valence-electron chi connectivity index (χ4n) is 3.14. The summed E-state index contributed by atoms with van der Waals surface area (Å²) in [5.41, 5.74) is 3.63. The first-order valence-corrected chi connectivity index (χ1v) is 8.63. The normalized spacial score (nSPS) is 23.6. The van der Waals surface area contributed by atoms with Crippen molar-refractivity contribution in [1.82, 2.24) is 5.48 Å². The fraction of sp³-hybridized carbons (Fsp3) is 0.400. The number of hydroxylamine groups is 1. The van der Waals surface area contributed by atoms with Gasteiger partial charge in [0.15, 0.2) is 0 Å². The molecule has 1 fully saturated rings. The van der Waals surface area contributed by atoms with E-state index in [9.17, 15) is 8.78 Å². The van der Waals surface area contributed by atoms with Gasteiger partial charge >= 0.3 is 0 Å². The number of benzene rings is 2. The van der Waals surface area contributed by atoms with Crippen molar-refractivity contribution < 1.29 is 18.4 Å². The molecule has 1 heterocycles. The molecule has 1 N–H and O–H groups in total. The molecule has 2 unspecified atom stereocenters. The number of hydrogen-bond acceptors (Lipinski definition) is 3. The standard InChI is InChI=1S/C20H23F2NO2/c1-2-16-11-12-20(23-25-16,15-7-4-3-5-8-15)14-24-13-17-18(21)9-6-10-19(17)22/h3-10,16,23H,2,11-14H2,1H3. The van der Waals surface area contributed by atoms with Gasteiger partial charge in [0.25, 0.3) is 0 Å². The minimum atomic E-state index is -0.590. The average Bonchev–Trinajstić information content (AvgIpc) is 2.65. The quantitative estimate of drug-likeness (QED) is 0.836. The highest BCUT2D eigenvalue weighted by molar-refractivity contribution is 5.25. The lowest BCUT2D eigenvalue weighted by Gasteiger charge is -2.40. The Morgan fingerprint density at radius 2 is 1.84 bits per heavy atom. The van der Waals surface area contributed by atoms with E-state index in [4.69, 9.17) is 9.57 Å². The van der Waals surface area contributed by atoms with Gasteiger partial charge in [-0.1, -0.05) is 43.3 Å². The van der Waals surface area contributed by atoms with Gasteiger partial charge in [-0.15, -0.1) is 0 Å². The lowest BCUT2D eigenvalue weighted by Crippen LogP contribution is -2.51. The van der Waals surface area contributed by atoms with Gasteiger partial charge in [-0.2, -0.15) is 5.48 Å². The van der Waals surface area contributed by atoms with E-state index in [0.29, 0.717) is 0 Å². The molecule has 0 bridgehead atoms. The molecule has 1 aliphatic heterocycles. The molecule has 3 rings (SSSR count). The SMILES string of the molecule is CCC1CCC(COCc2c(F)cccc2F)(c2ccccc2)NO1. The first-order valence-electron chi connectivity index (χ1n) is 8.63. The van der Waals surface area contributed by atoms with Gasteiger partial charge in [0.05, 0.1) is 24.9 Å². The van der Waals surface area contributed by atoms with Crippen LogP contribution in [0.5, 0.6) is 0 Å². The predicted molar refractivity (Wildman–Crippen MR) is 91.7 cm³/mol. The first-order chi connectivity index (χ1) is 12.1. The molecule has 2 aromatic carbocycles. The first kappa shape index (κ1) is 18.0. The average molecular weight is 347 g/mol. The van der Waals surface area contributed by atoms with Crippen molar-refractivity contribution in [1.29, 1.82) is 0 Å². The van der Waals surface area contributed by atoms with Crippen LogP contribution in [0.25, 0.3) is 0 Å². The Hall–Kier alpha value is -1.82. The second-order valence-electron chi connectivity index (χ2n) is 6.43. The van der Waals surface area contributed by atoms with Crippen molar-refractivity contribution in [2.75, 3.05) is 6.61 Å². The Morgan fingerprint density at radius 3 is 2.44 bits per heavy atom. The van der Waals surface area contributed by atoms with Crippen molar-refractivity contribution >= 4 is 0 Å². The van der Waals surface area contributed by atoms with E-state index in [1.165, 1.54) is 18.2 Å². The summed E-state index contributed by atoms with van der Waals surface area (Å²) in [4.78, 5) is 5.77. The predicted octanol–water partition coefficient (Wildman–Crippen LogP) is 4.47. The summed E-state index contributed by atoms with van der Waals surface area (Å²) in [6, 6.07) is 13.7. The van der Waals surface area contributed by atoms with Crippen molar-refractivity contribution in [3.63, 3.8) is 0 Å². The molecule has 5 heteroatoms. The van der Waals surface area contributed by atoms with Crippen LogP contribution in [0.3, 0.4) is 0 Å². The van der Waals surface area contributed by atoms with E-state index < -0.39 is 17.2 Å². The largest absolute Gasteiger partial charge is 0.374 e. The summed E-state index contributed by atoms with van der Waals surface area (Å²) >= 11 is 0. The van der Waals surface area contributed by atoms with Gasteiger partial charge in [-0.05, 0) is 37.0 Å². The van der Waals surface area contributed by atoms with Gasteiger partial charge in [0.1, 0.15) is 11.6 Å². The number of nitrogens with one attached hydrogen (secondary N) is 1. The molecule has 25 heavy (non-hydrogen) atoms. The summed E-state index contributed by atoms with van der Waals surface area (Å²) in [5, 5.41) is 0. The smallest absolute Gasteiger partial charge is 0.131 e. The minimum absolute atomic E-state index is 0.0473. The maximum Gasteiger partial charge on any atom is 0.131 e. The fourth-order valence-corrected chi connectivity index (χ4v) is 3.14. The molecule has 0 aromatic heterocycles. The Labute approximate surface area is 146 Å². The highest BCUT2D eigenvalue weighted by atomic mass is 19.1. The van der Waals surface area contributed by atoms with Crippen molar-refractivity contribution in [2.45, 2.75) is 44.4 Å². The molecule has 0 amide bonds. The Balaban J connectivity index is 1.73. The molecule has 134 valence electrons. The lowest BCUT2D eigenvalue weighted by molar-refractivity contribution is -0.141. The van der Waals surface area contributed by atoms with Crippen molar-refractivity contribution in [2.24, 2.45) is 0 Å². The van der Waals surface area contributed by atoms with Crippen LogP contribution in [0, 0.1) is 11.6 Å². The Morgan fingerprint density at radius 1 is 1.12 bits per heavy atom. The van der Waals surface area contributed by atoms with E-state index in [-0.39, 0.29) is 24.9 Å². The highest BCUT2D eigenvalue weighted by Crippen LogP contribution is 2.33. The van der Waals surface area contributed by atoms with E-state index in [2.05, 4.69) is 12.4 Å². The zero-order valence-corrected chi connectivity index (χ0v) is 14.3. The molecule has 2 aromatic rings. The van der Waals surface area contributed by atoms with Gasteiger partial charge in [0.2, 0.25) is 0 Å². The van der Waals surface area contributed by atoms with Gasteiger partial charge in [0, 0.05) is 5.56 Å². The van der Waals surface area contributed by atoms with Crippen molar-refractivity contribution in [3.8, 4) is 0 Å². The molecule has 3 nitrogen and oxygen atoms in total. The van der Waals surface area contributed by atoms with E-state index in [1.807, 2.05) is 30.3 Å². The summed E-state index contributed by atoms with van der Waals surface area (Å²) in [7, 11) is 0. The Bertz CT molecular complexity index is 665. The van der Waals surface area contributed by atoms with E-state index >= 15 is 0 Å². The summed E-state index contributed by atoms with van der Waals surface area (Å²) in [5.74, 6) is -1.18. The van der Waals surface area contributed by atoms with Gasteiger partial charge < -0.3 is 4.74 Å². The molecule has 0 spiro atoms. The third-order valence-electron chi connectivity index (χ3n) is 4.75. The highest BCUT2D eigenvalue weighted by Gasteiger charge is 2.37. The number of ether oxygens (including phenoxy) is 1. The van der Waals surface area contributed by atoms with Gasteiger partial charge in [-0.25, -0.2) is 8.78 Å². The molecule has 2 atom stereocenters. The molecule has 0 radical (unpaired) electrons. The van der Waals surface area contributed by atoms with Crippen LogP contribution in [-0.2, 0) is 21.7 Å². The maximum atomic E-state index is 13.8. The van der Waals surface area contributed by atoms with Crippen LogP contribution in [0.1, 0.15) is 37.3 Å². The maximum absolute atomic E-state index is 13.8. The van der Waals surface area contributed by atoms with E-state index in [0.717, 1.165) is 24.8 Å². The van der Waals surface area contributed by atoms with E-state index in [1.54, 1.807) is 0 Å². The molecular weight excluding hydrogens is 324 g/mol. The van der Waals surface area contributed by atoms with Crippen molar-refractivity contribution in [3.05, 3.63) is 71.3 Å².